The number of rotatable bonds is 1. The number of aryl methyl sites for hydroxylation is 2. The number of pyridine rings is 2. The fraction of sp³-hybridized carbons (Fsp3) is 0.125. The molecule has 0 fully saturated rings. The van der Waals surface area contributed by atoms with Crippen LogP contribution < -0.4 is 4.57 Å². The van der Waals surface area contributed by atoms with Crippen LogP contribution in [0.1, 0.15) is 5.56 Å². The van der Waals surface area contributed by atoms with Gasteiger partial charge in [-0.05, 0) is 30.7 Å². The van der Waals surface area contributed by atoms with Crippen LogP contribution in [0.2, 0.25) is 0 Å². The van der Waals surface area contributed by atoms with E-state index in [2.05, 4.69) is 66.0 Å². The average molecular weight is 235 g/mol. The van der Waals surface area contributed by atoms with Gasteiger partial charge < -0.3 is 0 Å². The molecule has 2 aromatic heterocycles. The molecular formula is C16H15N2+. The standard InChI is InChI=1S/C16H15N2/c1-12-6-5-11-17-16(12)15-10-9-13-7-3-4-8-14(13)18(15)2/h3-11H,1-2H3/q+1. The molecule has 3 rings (SSSR count). The summed E-state index contributed by atoms with van der Waals surface area (Å²) < 4.78 is 2.20. The lowest BCUT2D eigenvalue weighted by molar-refractivity contribution is -0.633. The lowest BCUT2D eigenvalue weighted by Gasteiger charge is -2.05. The fourth-order valence-corrected chi connectivity index (χ4v) is 2.34. The fourth-order valence-electron chi connectivity index (χ4n) is 2.34. The number of nitrogens with zero attached hydrogens (tertiary/aromatic N) is 2. The van der Waals surface area contributed by atoms with E-state index in [0.29, 0.717) is 0 Å². The summed E-state index contributed by atoms with van der Waals surface area (Å²) in [6, 6.07) is 16.8. The van der Waals surface area contributed by atoms with Crippen LogP contribution in [0, 0.1) is 6.92 Å². The Morgan fingerprint density at radius 2 is 1.78 bits per heavy atom. The number of para-hydroxylation sites is 1. The third-order valence-electron chi connectivity index (χ3n) is 3.33. The van der Waals surface area contributed by atoms with Gasteiger partial charge in [-0.15, -0.1) is 0 Å². The zero-order chi connectivity index (χ0) is 12.5. The van der Waals surface area contributed by atoms with Crippen molar-refractivity contribution in [3.8, 4) is 11.4 Å². The van der Waals surface area contributed by atoms with Crippen LogP contribution in [-0.4, -0.2) is 4.98 Å². The molecule has 0 unspecified atom stereocenters. The molecule has 2 heterocycles. The molecule has 0 saturated heterocycles. The first-order chi connectivity index (χ1) is 8.77. The van der Waals surface area contributed by atoms with E-state index in [1.54, 1.807) is 0 Å². The summed E-state index contributed by atoms with van der Waals surface area (Å²) in [4.78, 5) is 4.50. The van der Waals surface area contributed by atoms with E-state index < -0.39 is 0 Å². The molecular weight excluding hydrogens is 220 g/mol. The van der Waals surface area contributed by atoms with E-state index >= 15 is 0 Å². The van der Waals surface area contributed by atoms with Crippen molar-refractivity contribution < 1.29 is 4.57 Å². The second kappa shape index (κ2) is 4.22. The van der Waals surface area contributed by atoms with Crippen molar-refractivity contribution >= 4 is 10.9 Å². The van der Waals surface area contributed by atoms with Gasteiger partial charge in [-0.25, -0.2) is 4.98 Å². The van der Waals surface area contributed by atoms with Gasteiger partial charge in [0.2, 0.25) is 11.2 Å². The summed E-state index contributed by atoms with van der Waals surface area (Å²) in [6.45, 7) is 2.09. The van der Waals surface area contributed by atoms with E-state index in [-0.39, 0.29) is 0 Å². The molecule has 18 heavy (non-hydrogen) atoms. The van der Waals surface area contributed by atoms with Crippen LogP contribution in [0.5, 0.6) is 0 Å². The lowest BCUT2D eigenvalue weighted by Crippen LogP contribution is -2.32. The first-order valence-electron chi connectivity index (χ1n) is 6.07. The van der Waals surface area contributed by atoms with Gasteiger partial charge >= 0.3 is 0 Å². The number of hydrogen-bond donors (Lipinski definition) is 0. The van der Waals surface area contributed by atoms with Gasteiger partial charge in [-0.2, -0.15) is 4.57 Å². The van der Waals surface area contributed by atoms with Crippen LogP contribution in [0.4, 0.5) is 0 Å². The normalized spacial score (nSPS) is 10.8. The molecule has 0 amide bonds. The van der Waals surface area contributed by atoms with Crippen LogP contribution in [0.15, 0.2) is 54.7 Å². The average Bonchev–Trinajstić information content (AvgIpc) is 2.41. The smallest absolute Gasteiger partial charge is 0.231 e. The molecule has 88 valence electrons. The molecule has 0 aliphatic heterocycles. The van der Waals surface area contributed by atoms with E-state index in [1.165, 1.54) is 16.5 Å². The van der Waals surface area contributed by atoms with Crippen molar-refractivity contribution in [3.63, 3.8) is 0 Å². The Bertz CT molecular complexity index is 717. The predicted molar refractivity (Wildman–Crippen MR) is 73.1 cm³/mol. The number of aromatic nitrogens is 2. The van der Waals surface area contributed by atoms with Crippen LogP contribution in [0.25, 0.3) is 22.3 Å². The molecule has 1 aromatic carbocycles. The Morgan fingerprint density at radius 1 is 0.944 bits per heavy atom. The van der Waals surface area contributed by atoms with Crippen molar-refractivity contribution in [1.82, 2.24) is 4.98 Å². The van der Waals surface area contributed by atoms with Crippen molar-refractivity contribution in [2.45, 2.75) is 6.92 Å². The Balaban J connectivity index is 2.31. The third-order valence-corrected chi connectivity index (χ3v) is 3.33. The summed E-state index contributed by atoms with van der Waals surface area (Å²) >= 11 is 0. The Hall–Kier alpha value is -2.22. The van der Waals surface area contributed by atoms with Crippen molar-refractivity contribution in [1.29, 1.82) is 0 Å². The van der Waals surface area contributed by atoms with Gasteiger partial charge in [0.1, 0.15) is 12.7 Å². The molecule has 0 spiro atoms. The minimum Gasteiger partial charge on any atom is -0.250 e. The largest absolute Gasteiger partial charge is 0.250 e. The van der Waals surface area contributed by atoms with E-state index in [9.17, 15) is 0 Å². The molecule has 0 aliphatic carbocycles. The second-order valence-electron chi connectivity index (χ2n) is 4.51. The zero-order valence-electron chi connectivity index (χ0n) is 10.6. The topological polar surface area (TPSA) is 16.8 Å². The molecule has 0 aliphatic rings. The molecule has 3 aromatic rings. The Morgan fingerprint density at radius 3 is 2.61 bits per heavy atom. The SMILES string of the molecule is Cc1cccnc1-c1ccc2ccccc2[n+]1C. The van der Waals surface area contributed by atoms with E-state index in [0.717, 1.165) is 11.4 Å². The third kappa shape index (κ3) is 1.66. The van der Waals surface area contributed by atoms with Crippen molar-refractivity contribution in [2.75, 3.05) is 0 Å². The second-order valence-corrected chi connectivity index (χ2v) is 4.51. The molecule has 0 saturated carbocycles. The summed E-state index contributed by atoms with van der Waals surface area (Å²) in [6.07, 6.45) is 1.84. The first-order valence-corrected chi connectivity index (χ1v) is 6.07. The Kier molecular flexibility index (Phi) is 2.56. The van der Waals surface area contributed by atoms with Crippen molar-refractivity contribution in [2.24, 2.45) is 7.05 Å². The first kappa shape index (κ1) is 10.9. The summed E-state index contributed by atoms with van der Waals surface area (Å²) in [5.74, 6) is 0. The maximum atomic E-state index is 4.50. The van der Waals surface area contributed by atoms with Crippen LogP contribution in [0.3, 0.4) is 0 Å². The zero-order valence-corrected chi connectivity index (χ0v) is 10.6. The van der Waals surface area contributed by atoms with E-state index in [1.807, 2.05) is 12.3 Å². The van der Waals surface area contributed by atoms with Gasteiger partial charge in [0, 0.05) is 23.7 Å². The summed E-state index contributed by atoms with van der Waals surface area (Å²) in [7, 11) is 2.09. The molecule has 0 N–H and O–H groups in total. The highest BCUT2D eigenvalue weighted by molar-refractivity contribution is 5.77. The van der Waals surface area contributed by atoms with Gasteiger partial charge in [0.05, 0.1) is 0 Å². The highest BCUT2D eigenvalue weighted by atomic mass is 15.0. The monoisotopic (exact) mass is 235 g/mol. The van der Waals surface area contributed by atoms with Crippen LogP contribution >= 0.6 is 0 Å². The highest BCUT2D eigenvalue weighted by Crippen LogP contribution is 2.19. The minimum absolute atomic E-state index is 1.05. The quantitative estimate of drug-likeness (QED) is 0.592. The molecule has 0 bridgehead atoms. The summed E-state index contributed by atoms with van der Waals surface area (Å²) in [5.41, 5.74) is 4.61. The number of benzene rings is 1. The van der Waals surface area contributed by atoms with Gasteiger partial charge in [0.15, 0.2) is 0 Å². The molecule has 0 atom stereocenters. The van der Waals surface area contributed by atoms with Gasteiger partial charge in [0.25, 0.3) is 0 Å². The molecule has 0 radical (unpaired) electrons. The lowest BCUT2D eigenvalue weighted by atomic mass is 10.1. The predicted octanol–water partition coefficient (Wildman–Crippen LogP) is 3.03. The maximum absolute atomic E-state index is 4.50. The minimum atomic E-state index is 1.05. The highest BCUT2D eigenvalue weighted by Gasteiger charge is 2.15. The summed E-state index contributed by atoms with van der Waals surface area (Å²) in [5, 5.41) is 1.25. The van der Waals surface area contributed by atoms with E-state index in [4.69, 9.17) is 0 Å². The van der Waals surface area contributed by atoms with Crippen LogP contribution in [-0.2, 0) is 7.05 Å². The Labute approximate surface area is 107 Å². The van der Waals surface area contributed by atoms with Crippen molar-refractivity contribution in [3.05, 3.63) is 60.3 Å². The van der Waals surface area contributed by atoms with Gasteiger partial charge in [-0.1, -0.05) is 18.2 Å². The maximum Gasteiger partial charge on any atom is 0.231 e. The molecule has 2 nitrogen and oxygen atoms in total. The molecule has 2 heteroatoms. The van der Waals surface area contributed by atoms with Gasteiger partial charge in [-0.3, -0.25) is 0 Å². The number of hydrogen-bond acceptors (Lipinski definition) is 1. The number of fused-ring (bicyclic) bond motifs is 1.